The maximum atomic E-state index is 12.2. The molecule has 0 unspecified atom stereocenters. The number of amides is 1. The molecule has 24 heavy (non-hydrogen) atoms. The summed E-state index contributed by atoms with van der Waals surface area (Å²) in [5, 5.41) is 3.83. The second-order valence-corrected chi connectivity index (χ2v) is 6.82. The third-order valence-corrected chi connectivity index (χ3v) is 4.38. The smallest absolute Gasteiger partial charge is 0.338 e. The van der Waals surface area contributed by atoms with Crippen molar-refractivity contribution in [3.63, 3.8) is 0 Å². The SMILES string of the molecule is CC(C)CNC(=O)COC(=O)c1ccc2[nH]c3c(c2c1)CCCC3. The van der Waals surface area contributed by atoms with E-state index in [1.807, 2.05) is 26.0 Å². The summed E-state index contributed by atoms with van der Waals surface area (Å²) >= 11 is 0. The Morgan fingerprint density at radius 1 is 1.25 bits per heavy atom. The van der Waals surface area contributed by atoms with Crippen molar-refractivity contribution in [2.45, 2.75) is 39.5 Å². The van der Waals surface area contributed by atoms with E-state index in [0.717, 1.165) is 23.7 Å². The maximum absolute atomic E-state index is 12.2. The number of hydrogen-bond donors (Lipinski definition) is 2. The van der Waals surface area contributed by atoms with Crippen molar-refractivity contribution in [3.8, 4) is 0 Å². The highest BCUT2D eigenvalue weighted by Crippen LogP contribution is 2.29. The lowest BCUT2D eigenvalue weighted by Crippen LogP contribution is -2.31. The molecular weight excluding hydrogens is 304 g/mol. The average molecular weight is 328 g/mol. The lowest BCUT2D eigenvalue weighted by Gasteiger charge is -2.10. The van der Waals surface area contributed by atoms with E-state index in [-0.39, 0.29) is 12.5 Å². The van der Waals surface area contributed by atoms with Gasteiger partial charge in [0.2, 0.25) is 0 Å². The van der Waals surface area contributed by atoms with Crippen LogP contribution >= 0.6 is 0 Å². The Hall–Kier alpha value is -2.30. The van der Waals surface area contributed by atoms with Gasteiger partial charge in [-0.15, -0.1) is 0 Å². The fourth-order valence-electron chi connectivity index (χ4n) is 3.12. The highest BCUT2D eigenvalue weighted by molar-refractivity contribution is 5.97. The van der Waals surface area contributed by atoms with Crippen molar-refractivity contribution in [1.29, 1.82) is 0 Å². The summed E-state index contributed by atoms with van der Waals surface area (Å²) in [7, 11) is 0. The number of esters is 1. The second kappa shape index (κ2) is 7.07. The number of benzene rings is 1. The number of H-pyrrole nitrogens is 1. The largest absolute Gasteiger partial charge is 0.452 e. The van der Waals surface area contributed by atoms with Gasteiger partial charge in [0.1, 0.15) is 0 Å². The third kappa shape index (κ3) is 3.61. The minimum atomic E-state index is -0.456. The molecule has 2 N–H and O–H groups in total. The van der Waals surface area contributed by atoms with Gasteiger partial charge in [-0.1, -0.05) is 13.8 Å². The Bertz CT molecular complexity index is 761. The number of aryl methyl sites for hydroxylation is 2. The van der Waals surface area contributed by atoms with Gasteiger partial charge in [0.05, 0.1) is 5.56 Å². The first-order valence-corrected chi connectivity index (χ1v) is 8.62. The molecule has 3 rings (SSSR count). The summed E-state index contributed by atoms with van der Waals surface area (Å²) in [6.45, 7) is 4.37. The summed E-state index contributed by atoms with van der Waals surface area (Å²) in [6, 6.07) is 5.55. The van der Waals surface area contributed by atoms with Gasteiger partial charge in [-0.2, -0.15) is 0 Å². The van der Waals surface area contributed by atoms with Gasteiger partial charge in [0, 0.05) is 23.1 Å². The van der Waals surface area contributed by atoms with Crippen molar-refractivity contribution in [2.75, 3.05) is 13.2 Å². The van der Waals surface area contributed by atoms with Gasteiger partial charge in [0.25, 0.3) is 5.91 Å². The number of carbonyl (C=O) groups excluding carboxylic acids is 2. The van der Waals surface area contributed by atoms with Crippen LogP contribution in [0.2, 0.25) is 0 Å². The molecule has 1 amide bonds. The van der Waals surface area contributed by atoms with Gasteiger partial charge < -0.3 is 15.0 Å². The monoisotopic (exact) mass is 328 g/mol. The Balaban J connectivity index is 1.68. The Kier molecular flexibility index (Phi) is 4.88. The lowest BCUT2D eigenvalue weighted by molar-refractivity contribution is -0.124. The molecule has 5 nitrogen and oxygen atoms in total. The summed E-state index contributed by atoms with van der Waals surface area (Å²) in [6.07, 6.45) is 4.51. The first kappa shape index (κ1) is 16.6. The molecule has 0 saturated heterocycles. The van der Waals surface area contributed by atoms with E-state index in [1.54, 1.807) is 6.07 Å². The average Bonchev–Trinajstić information content (AvgIpc) is 2.95. The van der Waals surface area contributed by atoms with Crippen LogP contribution < -0.4 is 5.32 Å². The van der Waals surface area contributed by atoms with Gasteiger partial charge >= 0.3 is 5.97 Å². The minimum absolute atomic E-state index is 0.241. The molecule has 2 aromatic rings. The van der Waals surface area contributed by atoms with Crippen LogP contribution in [0.3, 0.4) is 0 Å². The number of nitrogens with one attached hydrogen (secondary N) is 2. The standard InChI is InChI=1S/C19H24N2O3/c1-12(2)10-20-18(22)11-24-19(23)13-7-8-17-15(9-13)14-5-3-4-6-16(14)21-17/h7-9,12,21H,3-6,10-11H2,1-2H3,(H,20,22). The van der Waals surface area contributed by atoms with Crippen molar-refractivity contribution >= 4 is 22.8 Å². The van der Waals surface area contributed by atoms with E-state index in [9.17, 15) is 9.59 Å². The van der Waals surface area contributed by atoms with Crippen LogP contribution in [-0.4, -0.2) is 30.0 Å². The zero-order valence-electron chi connectivity index (χ0n) is 14.3. The van der Waals surface area contributed by atoms with E-state index in [2.05, 4.69) is 10.3 Å². The Morgan fingerprint density at radius 2 is 2.04 bits per heavy atom. The molecular formula is C19H24N2O3. The highest BCUT2D eigenvalue weighted by atomic mass is 16.5. The molecule has 1 aromatic carbocycles. The van der Waals surface area contributed by atoms with E-state index < -0.39 is 5.97 Å². The number of hydrogen-bond acceptors (Lipinski definition) is 3. The molecule has 0 bridgehead atoms. The number of aromatic nitrogens is 1. The number of fused-ring (bicyclic) bond motifs is 3. The molecule has 1 aliphatic carbocycles. The van der Waals surface area contributed by atoms with Crippen LogP contribution in [0.15, 0.2) is 18.2 Å². The predicted octanol–water partition coefficient (Wildman–Crippen LogP) is 2.98. The summed E-state index contributed by atoms with van der Waals surface area (Å²) in [5.41, 5.74) is 4.16. The topological polar surface area (TPSA) is 71.2 Å². The van der Waals surface area contributed by atoms with Crippen LogP contribution in [0, 0.1) is 5.92 Å². The molecule has 0 atom stereocenters. The molecule has 1 heterocycles. The predicted molar refractivity (Wildman–Crippen MR) is 93.1 cm³/mol. The van der Waals surface area contributed by atoms with E-state index in [1.165, 1.54) is 24.1 Å². The van der Waals surface area contributed by atoms with E-state index >= 15 is 0 Å². The Labute approximate surface area is 141 Å². The van der Waals surface area contributed by atoms with Gasteiger partial charge in [0.15, 0.2) is 6.61 Å². The van der Waals surface area contributed by atoms with Crippen LogP contribution in [0.25, 0.3) is 10.9 Å². The third-order valence-electron chi connectivity index (χ3n) is 4.38. The lowest BCUT2D eigenvalue weighted by atomic mass is 9.95. The number of rotatable bonds is 5. The van der Waals surface area contributed by atoms with E-state index in [0.29, 0.717) is 18.0 Å². The quantitative estimate of drug-likeness (QED) is 0.829. The molecule has 0 spiro atoms. The van der Waals surface area contributed by atoms with Crippen molar-refractivity contribution in [3.05, 3.63) is 35.0 Å². The molecule has 0 radical (unpaired) electrons. The number of ether oxygens (including phenoxy) is 1. The molecule has 0 saturated carbocycles. The zero-order valence-corrected chi connectivity index (χ0v) is 14.3. The molecule has 0 fully saturated rings. The number of aromatic amines is 1. The van der Waals surface area contributed by atoms with Crippen molar-refractivity contribution < 1.29 is 14.3 Å². The molecule has 5 heteroatoms. The molecule has 1 aliphatic rings. The zero-order chi connectivity index (χ0) is 17.1. The normalized spacial score (nSPS) is 13.8. The molecule has 0 aliphatic heterocycles. The van der Waals surface area contributed by atoms with Crippen molar-refractivity contribution in [2.24, 2.45) is 5.92 Å². The van der Waals surface area contributed by atoms with E-state index in [4.69, 9.17) is 4.74 Å². The summed E-state index contributed by atoms with van der Waals surface area (Å²) in [4.78, 5) is 27.3. The van der Waals surface area contributed by atoms with Gasteiger partial charge in [-0.25, -0.2) is 4.79 Å². The number of carbonyl (C=O) groups is 2. The molecule has 128 valence electrons. The summed E-state index contributed by atoms with van der Waals surface area (Å²) in [5.74, 6) is -0.355. The van der Waals surface area contributed by atoms with Crippen LogP contribution in [-0.2, 0) is 22.4 Å². The first-order chi connectivity index (χ1) is 11.5. The second-order valence-electron chi connectivity index (χ2n) is 6.82. The fourth-order valence-corrected chi connectivity index (χ4v) is 3.12. The first-order valence-electron chi connectivity index (χ1n) is 8.62. The van der Waals surface area contributed by atoms with Crippen molar-refractivity contribution in [1.82, 2.24) is 10.3 Å². The minimum Gasteiger partial charge on any atom is -0.452 e. The fraction of sp³-hybridized carbons (Fsp3) is 0.474. The van der Waals surface area contributed by atoms with Gasteiger partial charge in [-0.05, 0) is 55.4 Å². The summed E-state index contributed by atoms with van der Waals surface area (Å²) < 4.78 is 5.13. The van der Waals surface area contributed by atoms with Crippen LogP contribution in [0.4, 0.5) is 0 Å². The highest BCUT2D eigenvalue weighted by Gasteiger charge is 2.17. The van der Waals surface area contributed by atoms with Crippen LogP contribution in [0.1, 0.15) is 48.3 Å². The van der Waals surface area contributed by atoms with Gasteiger partial charge in [-0.3, -0.25) is 4.79 Å². The molecule has 1 aromatic heterocycles. The maximum Gasteiger partial charge on any atom is 0.338 e. The van der Waals surface area contributed by atoms with Crippen LogP contribution in [0.5, 0.6) is 0 Å². The Morgan fingerprint density at radius 3 is 2.83 bits per heavy atom.